The predicted molar refractivity (Wildman–Crippen MR) is 176 cm³/mol. The van der Waals surface area contributed by atoms with Gasteiger partial charge in [0.25, 0.3) is 0 Å². The lowest BCUT2D eigenvalue weighted by molar-refractivity contribution is -0.401. The fourth-order valence-corrected chi connectivity index (χ4v) is 7.04. The summed E-state index contributed by atoms with van der Waals surface area (Å²) in [5.41, 5.74) is 11.5. The Kier molecular flexibility index (Phi) is 7.09. The number of hydrogen-bond donors (Lipinski definition) is 0. The summed E-state index contributed by atoms with van der Waals surface area (Å²) in [4.78, 5) is 2.34. The minimum absolute atomic E-state index is 0.0637. The molecular formula is C39H43N2O+. The normalized spacial score (nSPS) is 21.1. The summed E-state index contributed by atoms with van der Waals surface area (Å²) in [6, 6.07) is 25.9. The van der Waals surface area contributed by atoms with Crippen molar-refractivity contribution in [1.29, 1.82) is 0 Å². The monoisotopic (exact) mass is 555 g/mol. The first-order valence-electron chi connectivity index (χ1n) is 15.2. The number of likely N-dealkylation sites (N-methyl/N-ethyl adjacent to an activating group) is 1. The molecule has 42 heavy (non-hydrogen) atoms. The third-order valence-corrected chi connectivity index (χ3v) is 9.48. The Morgan fingerprint density at radius 2 is 1.48 bits per heavy atom. The first kappa shape index (κ1) is 28.0. The molecule has 0 saturated heterocycles. The number of nitrogens with zero attached hydrogens (tertiary/aromatic N) is 2. The molecule has 3 aromatic carbocycles. The van der Waals surface area contributed by atoms with Gasteiger partial charge in [-0.1, -0.05) is 74.0 Å². The zero-order chi connectivity index (χ0) is 29.6. The second-order valence-electron chi connectivity index (χ2n) is 13.0. The second kappa shape index (κ2) is 10.6. The van der Waals surface area contributed by atoms with Crippen LogP contribution in [0.1, 0.15) is 63.6 Å². The molecule has 2 heterocycles. The van der Waals surface area contributed by atoms with E-state index >= 15 is 0 Å². The molecule has 3 nitrogen and oxygen atoms in total. The van der Waals surface area contributed by atoms with Gasteiger partial charge in [0.15, 0.2) is 5.71 Å². The summed E-state index contributed by atoms with van der Waals surface area (Å²) in [5.74, 6) is 1.87. The first-order chi connectivity index (χ1) is 20.1. The molecule has 0 saturated carbocycles. The van der Waals surface area contributed by atoms with Crippen molar-refractivity contribution in [2.45, 2.75) is 64.7 Å². The lowest BCUT2D eigenvalue weighted by atomic mass is 9.81. The molecular weight excluding hydrogens is 512 g/mol. The summed E-state index contributed by atoms with van der Waals surface area (Å²) in [7, 11) is 4.36. The van der Waals surface area contributed by atoms with Crippen LogP contribution in [0, 0.1) is 6.92 Å². The highest BCUT2D eigenvalue weighted by Gasteiger charge is 2.42. The van der Waals surface area contributed by atoms with Crippen LogP contribution in [-0.2, 0) is 10.8 Å². The summed E-state index contributed by atoms with van der Waals surface area (Å²) >= 11 is 0. The summed E-state index contributed by atoms with van der Waals surface area (Å²) < 4.78 is 9.08. The molecule has 3 aromatic rings. The van der Waals surface area contributed by atoms with Gasteiger partial charge >= 0.3 is 0 Å². The number of anilines is 1. The zero-order valence-electron chi connectivity index (χ0n) is 26.2. The van der Waals surface area contributed by atoms with E-state index in [0.29, 0.717) is 0 Å². The van der Waals surface area contributed by atoms with Crippen LogP contribution < -0.4 is 9.64 Å². The number of hydrogen-bond acceptors (Lipinski definition) is 2. The van der Waals surface area contributed by atoms with Gasteiger partial charge in [-0.2, -0.15) is 4.58 Å². The molecule has 0 aromatic heterocycles. The van der Waals surface area contributed by atoms with Crippen molar-refractivity contribution in [2.24, 2.45) is 0 Å². The van der Waals surface area contributed by atoms with Gasteiger partial charge in [0.05, 0.1) is 5.41 Å². The van der Waals surface area contributed by atoms with E-state index in [0.717, 1.165) is 30.8 Å². The second-order valence-corrected chi connectivity index (χ2v) is 13.0. The van der Waals surface area contributed by atoms with Crippen molar-refractivity contribution < 1.29 is 9.31 Å². The molecule has 0 amide bonds. The first-order valence-corrected chi connectivity index (χ1v) is 15.2. The average molecular weight is 556 g/mol. The van der Waals surface area contributed by atoms with Crippen molar-refractivity contribution >= 4 is 17.1 Å². The van der Waals surface area contributed by atoms with Crippen molar-refractivity contribution in [2.75, 3.05) is 19.0 Å². The number of allylic oxidation sites excluding steroid dienone is 7. The van der Waals surface area contributed by atoms with E-state index in [2.05, 4.69) is 155 Å². The number of ether oxygens (including phenoxy) is 1. The van der Waals surface area contributed by atoms with Gasteiger partial charge in [-0.3, -0.25) is 0 Å². The lowest BCUT2D eigenvalue weighted by Crippen LogP contribution is -2.26. The molecule has 0 N–H and O–H groups in total. The topological polar surface area (TPSA) is 15.5 Å². The van der Waals surface area contributed by atoms with Crippen LogP contribution in [0.15, 0.2) is 120 Å². The molecule has 0 fully saturated rings. The predicted octanol–water partition coefficient (Wildman–Crippen LogP) is 9.31. The largest absolute Gasteiger partial charge is 0.457 e. The van der Waals surface area contributed by atoms with Gasteiger partial charge in [-0.05, 0) is 87.1 Å². The molecule has 214 valence electrons. The molecule has 0 bridgehead atoms. The van der Waals surface area contributed by atoms with Gasteiger partial charge in [-0.15, -0.1) is 0 Å². The molecule has 0 radical (unpaired) electrons. The van der Waals surface area contributed by atoms with Gasteiger partial charge in [0.1, 0.15) is 18.6 Å². The molecule has 2 aliphatic heterocycles. The summed E-state index contributed by atoms with van der Waals surface area (Å²) in [6.07, 6.45) is 12.3. The fourth-order valence-electron chi connectivity index (χ4n) is 7.04. The maximum Gasteiger partial charge on any atom is 0.209 e. The molecule has 0 atom stereocenters. The minimum atomic E-state index is -0.0637. The van der Waals surface area contributed by atoms with Gasteiger partial charge in [-0.25, -0.2) is 0 Å². The van der Waals surface area contributed by atoms with E-state index in [1.54, 1.807) is 0 Å². The number of benzene rings is 3. The van der Waals surface area contributed by atoms with Crippen LogP contribution in [0.4, 0.5) is 11.4 Å². The Morgan fingerprint density at radius 1 is 0.786 bits per heavy atom. The Bertz CT molecular complexity index is 1690. The highest BCUT2D eigenvalue weighted by molar-refractivity contribution is 6.03. The number of fused-ring (bicyclic) bond motifs is 2. The smallest absolute Gasteiger partial charge is 0.209 e. The Hall–Kier alpha value is -4.11. The van der Waals surface area contributed by atoms with Crippen LogP contribution in [0.3, 0.4) is 0 Å². The maximum absolute atomic E-state index is 6.74. The van der Waals surface area contributed by atoms with Crippen LogP contribution in [0.2, 0.25) is 0 Å². The van der Waals surface area contributed by atoms with E-state index in [1.165, 1.54) is 50.6 Å². The van der Waals surface area contributed by atoms with E-state index < -0.39 is 0 Å². The molecule has 1 aliphatic carbocycles. The molecule has 0 unspecified atom stereocenters. The quantitative estimate of drug-likeness (QED) is 0.292. The average Bonchev–Trinajstić information content (AvgIpc) is 3.30. The number of para-hydroxylation sites is 2. The maximum atomic E-state index is 6.74. The zero-order valence-corrected chi connectivity index (χ0v) is 26.2. The summed E-state index contributed by atoms with van der Waals surface area (Å²) in [5, 5.41) is 0. The van der Waals surface area contributed by atoms with Crippen LogP contribution in [-0.4, -0.2) is 24.4 Å². The van der Waals surface area contributed by atoms with Crippen molar-refractivity contribution in [3.8, 4) is 5.75 Å². The van der Waals surface area contributed by atoms with Gasteiger partial charge in [0.2, 0.25) is 5.69 Å². The summed E-state index contributed by atoms with van der Waals surface area (Å²) in [6.45, 7) is 11.4. The molecule has 3 heteroatoms. The third kappa shape index (κ3) is 4.75. The van der Waals surface area contributed by atoms with Gasteiger partial charge in [0, 0.05) is 41.6 Å². The Morgan fingerprint density at radius 3 is 2.19 bits per heavy atom. The highest BCUT2D eigenvalue weighted by Crippen LogP contribution is 2.47. The Balaban J connectivity index is 1.41. The van der Waals surface area contributed by atoms with Crippen molar-refractivity contribution in [3.63, 3.8) is 0 Å². The van der Waals surface area contributed by atoms with E-state index in [1.807, 2.05) is 0 Å². The van der Waals surface area contributed by atoms with Crippen molar-refractivity contribution in [1.82, 2.24) is 0 Å². The van der Waals surface area contributed by atoms with Gasteiger partial charge < -0.3 is 9.64 Å². The number of rotatable bonds is 5. The molecule has 0 spiro atoms. The third-order valence-electron chi connectivity index (χ3n) is 9.48. The molecule has 3 aliphatic rings. The lowest BCUT2D eigenvalue weighted by Gasteiger charge is -2.25. The Labute approximate surface area is 251 Å². The minimum Gasteiger partial charge on any atom is -0.457 e. The van der Waals surface area contributed by atoms with Crippen molar-refractivity contribution in [3.05, 3.63) is 136 Å². The highest BCUT2D eigenvalue weighted by atomic mass is 16.5. The number of aryl methyl sites for hydroxylation is 1. The van der Waals surface area contributed by atoms with Crippen LogP contribution in [0.25, 0.3) is 0 Å². The van der Waals surface area contributed by atoms with E-state index in [9.17, 15) is 0 Å². The van der Waals surface area contributed by atoms with E-state index in [-0.39, 0.29) is 10.8 Å². The molecule has 6 rings (SSSR count). The standard InChI is InChI=1S/C39H43N2O/c1-27-19-23-30(24-20-27)42-37-28(21-25-35-38(2,3)31-15-8-10-17-33(31)40(35)6)13-12-14-29(37)22-26-36-39(4,5)32-16-9-11-18-34(32)41(36)7/h8-11,15-26H,12-14H2,1-7H3/q+1. The van der Waals surface area contributed by atoms with Crippen LogP contribution >= 0.6 is 0 Å². The SMILES string of the molecule is Cc1ccc(OC2=C(/C=C/C3=[N+](C)c4ccccc4C3(C)C)CCC/C2=C\C=C2\N(C)c3ccccc3C2(C)C)cc1. The van der Waals surface area contributed by atoms with E-state index in [4.69, 9.17) is 4.74 Å². The fraction of sp³-hybridized carbons (Fsp3) is 0.308. The van der Waals surface area contributed by atoms with Crippen LogP contribution in [0.5, 0.6) is 5.75 Å².